The molecule has 0 radical (unpaired) electrons. The molecule has 1 atom stereocenters. The van der Waals surface area contributed by atoms with Gasteiger partial charge in [-0.05, 0) is 72.4 Å². The monoisotopic (exact) mass is 540 g/mol. The fraction of sp³-hybridized carbons (Fsp3) is 0.290. The molecule has 0 aliphatic carbocycles. The molecule has 9 heteroatoms. The lowest BCUT2D eigenvalue weighted by Gasteiger charge is -2.36. The summed E-state index contributed by atoms with van der Waals surface area (Å²) in [5, 5.41) is 7.19. The van der Waals surface area contributed by atoms with Crippen molar-refractivity contribution < 1.29 is 23.7 Å². The average molecular weight is 541 g/mol. The van der Waals surface area contributed by atoms with E-state index < -0.39 is 0 Å². The number of nitrogens with zero attached hydrogens (tertiary/aromatic N) is 2. The Morgan fingerprint density at radius 2 is 1.80 bits per heavy atom. The van der Waals surface area contributed by atoms with Gasteiger partial charge in [-0.15, -0.1) is 0 Å². The highest BCUT2D eigenvalue weighted by Gasteiger charge is 2.27. The summed E-state index contributed by atoms with van der Waals surface area (Å²) in [6.45, 7) is 1.72. The zero-order chi connectivity index (χ0) is 27.5. The van der Waals surface area contributed by atoms with Gasteiger partial charge in [-0.3, -0.25) is 9.88 Å². The predicted octanol–water partition coefficient (Wildman–Crippen LogP) is 5.12. The average Bonchev–Trinajstić information content (AvgIpc) is 3.46. The number of aromatic nitrogens is 1. The molecule has 9 nitrogen and oxygen atoms in total. The van der Waals surface area contributed by atoms with Crippen molar-refractivity contribution in [3.05, 3.63) is 83.6 Å². The quantitative estimate of drug-likeness (QED) is 0.320. The molecule has 0 unspecified atom stereocenters. The number of nitrogens with one attached hydrogen (secondary N) is 2. The van der Waals surface area contributed by atoms with Crippen LogP contribution in [-0.2, 0) is 19.4 Å². The van der Waals surface area contributed by atoms with E-state index >= 15 is 0 Å². The highest BCUT2D eigenvalue weighted by atomic mass is 16.7. The second-order valence-corrected chi connectivity index (χ2v) is 9.91. The van der Waals surface area contributed by atoms with E-state index in [1.54, 1.807) is 20.4 Å². The SMILES string of the molecule is COc1cc2c(cc1OC)CN([C@H](CCc1ccc3c(c1)OCO3)NC(=O)Nc1ccnc3ccccc13)CC2. The normalized spacial score (nSPS) is 14.8. The Morgan fingerprint density at radius 1 is 1.00 bits per heavy atom. The van der Waals surface area contributed by atoms with Gasteiger partial charge >= 0.3 is 6.03 Å². The molecular formula is C31H32N4O5. The summed E-state index contributed by atoms with van der Waals surface area (Å²) in [4.78, 5) is 20.1. The molecule has 206 valence electrons. The lowest BCUT2D eigenvalue weighted by atomic mass is 9.97. The number of pyridine rings is 1. The summed E-state index contributed by atoms with van der Waals surface area (Å²) >= 11 is 0. The molecule has 1 aromatic heterocycles. The van der Waals surface area contributed by atoms with Crippen molar-refractivity contribution in [2.45, 2.75) is 32.0 Å². The van der Waals surface area contributed by atoms with Gasteiger partial charge in [0.1, 0.15) is 0 Å². The number of urea groups is 1. The highest BCUT2D eigenvalue weighted by molar-refractivity contribution is 6.00. The highest BCUT2D eigenvalue weighted by Crippen LogP contribution is 2.35. The van der Waals surface area contributed by atoms with Gasteiger partial charge in [-0.2, -0.15) is 0 Å². The Kier molecular flexibility index (Phi) is 7.29. The van der Waals surface area contributed by atoms with Gasteiger partial charge < -0.3 is 29.6 Å². The molecule has 0 fully saturated rings. The van der Waals surface area contributed by atoms with Gasteiger partial charge in [0.25, 0.3) is 0 Å². The minimum Gasteiger partial charge on any atom is -0.493 e. The van der Waals surface area contributed by atoms with E-state index in [0.29, 0.717) is 18.7 Å². The molecular weight excluding hydrogens is 508 g/mol. The Balaban J connectivity index is 1.22. The van der Waals surface area contributed by atoms with E-state index in [2.05, 4.69) is 32.7 Å². The number of carbonyl (C=O) groups is 1. The van der Waals surface area contributed by atoms with Gasteiger partial charge in [0.2, 0.25) is 6.79 Å². The number of benzene rings is 3. The van der Waals surface area contributed by atoms with Crippen LogP contribution in [0.25, 0.3) is 10.9 Å². The molecule has 6 rings (SSSR count). The van der Waals surface area contributed by atoms with Gasteiger partial charge in [-0.1, -0.05) is 24.3 Å². The molecule has 2 amide bonds. The lowest BCUT2D eigenvalue weighted by molar-refractivity contribution is 0.145. The van der Waals surface area contributed by atoms with Crippen LogP contribution in [0.2, 0.25) is 0 Å². The van der Waals surface area contributed by atoms with E-state index in [0.717, 1.165) is 58.8 Å². The van der Waals surface area contributed by atoms with Crippen molar-refractivity contribution in [1.82, 2.24) is 15.2 Å². The molecule has 0 saturated heterocycles. The molecule has 2 N–H and O–H groups in total. The van der Waals surface area contributed by atoms with Gasteiger partial charge in [-0.25, -0.2) is 4.79 Å². The van der Waals surface area contributed by atoms with Gasteiger partial charge in [0.05, 0.1) is 31.6 Å². The molecule has 0 spiro atoms. The Morgan fingerprint density at radius 3 is 2.65 bits per heavy atom. The van der Waals surface area contributed by atoms with Crippen LogP contribution in [0.3, 0.4) is 0 Å². The first-order valence-electron chi connectivity index (χ1n) is 13.4. The van der Waals surface area contributed by atoms with Gasteiger partial charge in [0.15, 0.2) is 23.0 Å². The van der Waals surface area contributed by atoms with E-state index in [1.165, 1.54) is 11.1 Å². The molecule has 0 saturated carbocycles. The van der Waals surface area contributed by atoms with Crippen molar-refractivity contribution in [3.63, 3.8) is 0 Å². The Labute approximate surface area is 233 Å². The third-order valence-electron chi connectivity index (χ3n) is 7.53. The van der Waals surface area contributed by atoms with Crippen LogP contribution in [0, 0.1) is 0 Å². The predicted molar refractivity (Wildman–Crippen MR) is 152 cm³/mol. The largest absolute Gasteiger partial charge is 0.493 e. The summed E-state index contributed by atoms with van der Waals surface area (Å²) < 4.78 is 22.1. The fourth-order valence-corrected chi connectivity index (χ4v) is 5.43. The van der Waals surface area contributed by atoms with Crippen LogP contribution < -0.4 is 29.6 Å². The molecule has 40 heavy (non-hydrogen) atoms. The number of aryl methyl sites for hydroxylation is 1. The zero-order valence-corrected chi connectivity index (χ0v) is 22.6. The zero-order valence-electron chi connectivity index (χ0n) is 22.6. The molecule has 4 aromatic rings. The topological polar surface area (TPSA) is 94.2 Å². The molecule has 3 aromatic carbocycles. The number of hydrogen-bond acceptors (Lipinski definition) is 7. The standard InChI is InChI=1S/C31H32N4O5/c1-37-27-16-21-12-14-35(18-22(21)17-28(27)38-2)30(10-8-20-7-9-26-29(15-20)40-19-39-26)34-31(36)33-25-11-13-32-24-6-4-3-5-23(24)25/h3-7,9,11,13,15-17,30H,8,10,12,14,18-19H2,1-2H3,(H2,32,33,34,36)/t30-/m1/s1. The number of amides is 2. The Bertz CT molecular complexity index is 1540. The number of ether oxygens (including phenoxy) is 4. The van der Waals surface area contributed by atoms with Crippen LogP contribution in [0.1, 0.15) is 23.1 Å². The second kappa shape index (κ2) is 11.3. The number of methoxy groups -OCH3 is 2. The third-order valence-corrected chi connectivity index (χ3v) is 7.53. The number of fused-ring (bicyclic) bond motifs is 3. The maximum atomic E-state index is 13.4. The maximum absolute atomic E-state index is 13.4. The van der Waals surface area contributed by atoms with Gasteiger partial charge in [0, 0.05) is 24.7 Å². The summed E-state index contributed by atoms with van der Waals surface area (Å²) in [7, 11) is 3.30. The van der Waals surface area contributed by atoms with Crippen molar-refractivity contribution in [2.75, 3.05) is 32.9 Å². The lowest BCUT2D eigenvalue weighted by Crippen LogP contribution is -2.51. The molecule has 2 aliphatic heterocycles. The second-order valence-electron chi connectivity index (χ2n) is 9.91. The number of hydrogen-bond donors (Lipinski definition) is 2. The van der Waals surface area contributed by atoms with Crippen molar-refractivity contribution >= 4 is 22.6 Å². The number of anilines is 1. The van der Waals surface area contributed by atoms with Crippen LogP contribution >= 0.6 is 0 Å². The molecule has 3 heterocycles. The Hall–Kier alpha value is -4.50. The van der Waals surface area contributed by atoms with Crippen LogP contribution in [-0.4, -0.2) is 49.6 Å². The summed E-state index contributed by atoms with van der Waals surface area (Å²) in [5.74, 6) is 2.96. The van der Waals surface area contributed by atoms with Crippen molar-refractivity contribution in [2.24, 2.45) is 0 Å². The number of rotatable bonds is 8. The first kappa shape index (κ1) is 25.8. The smallest absolute Gasteiger partial charge is 0.320 e. The van der Waals surface area contributed by atoms with Crippen LogP contribution in [0.4, 0.5) is 10.5 Å². The minimum atomic E-state index is -0.259. The number of carbonyl (C=O) groups excluding carboxylic acids is 1. The summed E-state index contributed by atoms with van der Waals surface area (Å²) in [6.07, 6.45) is 3.81. The summed E-state index contributed by atoms with van der Waals surface area (Å²) in [6, 6.07) is 19.4. The first-order chi connectivity index (χ1) is 19.6. The van der Waals surface area contributed by atoms with E-state index in [4.69, 9.17) is 18.9 Å². The van der Waals surface area contributed by atoms with Crippen molar-refractivity contribution in [1.29, 1.82) is 0 Å². The molecule has 2 aliphatic rings. The van der Waals surface area contributed by atoms with E-state index in [-0.39, 0.29) is 19.0 Å². The minimum absolute atomic E-state index is 0.209. The maximum Gasteiger partial charge on any atom is 0.320 e. The third kappa shape index (κ3) is 5.33. The van der Waals surface area contributed by atoms with E-state index in [9.17, 15) is 4.79 Å². The van der Waals surface area contributed by atoms with Crippen LogP contribution in [0.5, 0.6) is 23.0 Å². The summed E-state index contributed by atoms with van der Waals surface area (Å²) in [5.41, 5.74) is 5.07. The van der Waals surface area contributed by atoms with E-state index in [1.807, 2.05) is 48.5 Å². The van der Waals surface area contributed by atoms with Crippen molar-refractivity contribution in [3.8, 4) is 23.0 Å². The first-order valence-corrected chi connectivity index (χ1v) is 13.4. The fourth-order valence-electron chi connectivity index (χ4n) is 5.43. The number of para-hydroxylation sites is 1. The van der Waals surface area contributed by atoms with Crippen LogP contribution in [0.15, 0.2) is 66.9 Å². The molecule has 0 bridgehead atoms.